The number of carbonyl (C=O) groups is 1. The van der Waals surface area contributed by atoms with Gasteiger partial charge in [-0.2, -0.15) is 0 Å². The predicted octanol–water partition coefficient (Wildman–Crippen LogP) is 3.80. The summed E-state index contributed by atoms with van der Waals surface area (Å²) in [6.07, 6.45) is 9.18. The minimum Gasteiger partial charge on any atom is -0.382 e. The van der Waals surface area contributed by atoms with Crippen LogP contribution in [0.3, 0.4) is 0 Å². The average Bonchev–Trinajstić information content (AvgIpc) is 2.42. The topological polar surface area (TPSA) is 50.4 Å². The third-order valence-electron chi connectivity index (χ3n) is 3.90. The lowest BCUT2D eigenvalue weighted by Crippen LogP contribution is -2.21. The van der Waals surface area contributed by atoms with E-state index in [1.807, 2.05) is 18.2 Å². The van der Waals surface area contributed by atoms with Gasteiger partial charge in [0.2, 0.25) is 5.91 Å². The Balaban J connectivity index is 1.91. The van der Waals surface area contributed by atoms with Crippen LogP contribution in [0.15, 0.2) is 24.3 Å². The molecule has 0 bridgehead atoms. The van der Waals surface area contributed by atoms with Crippen LogP contribution >= 0.6 is 0 Å². The van der Waals surface area contributed by atoms with Crippen LogP contribution < -0.4 is 10.6 Å². The van der Waals surface area contributed by atoms with E-state index < -0.39 is 0 Å². The Hall–Kier alpha value is -1.55. The van der Waals surface area contributed by atoms with E-state index in [1.54, 1.807) is 0 Å². The van der Waals surface area contributed by atoms with Crippen molar-refractivity contribution in [3.63, 3.8) is 0 Å². The zero-order chi connectivity index (χ0) is 14.9. The minimum absolute atomic E-state index is 0.0836. The van der Waals surface area contributed by atoms with Crippen molar-refractivity contribution < 1.29 is 9.53 Å². The summed E-state index contributed by atoms with van der Waals surface area (Å²) < 4.78 is 4.83. The van der Waals surface area contributed by atoms with Gasteiger partial charge in [-0.05, 0) is 31.0 Å². The van der Waals surface area contributed by atoms with Crippen molar-refractivity contribution in [2.75, 3.05) is 24.4 Å². The van der Waals surface area contributed by atoms with Crippen molar-refractivity contribution in [2.24, 2.45) is 0 Å². The molecule has 1 aromatic carbocycles. The number of nitrogens with one attached hydrogen (secondary N) is 2. The summed E-state index contributed by atoms with van der Waals surface area (Å²) in [5.74, 6) is -0.124. The second-order valence-corrected chi connectivity index (χ2v) is 5.75. The molecule has 21 heavy (non-hydrogen) atoms. The quantitative estimate of drug-likeness (QED) is 0.867. The molecule has 1 aliphatic carbocycles. The molecular weight excluding hydrogens is 264 g/mol. The number of amides is 1. The molecule has 4 heteroatoms. The van der Waals surface area contributed by atoms with Gasteiger partial charge in [-0.15, -0.1) is 0 Å². The van der Waals surface area contributed by atoms with Crippen molar-refractivity contribution >= 4 is 17.3 Å². The summed E-state index contributed by atoms with van der Waals surface area (Å²) in [5.41, 5.74) is 1.89. The van der Waals surface area contributed by atoms with Crippen LogP contribution in [0.1, 0.15) is 44.9 Å². The standard InChI is InChI=1S/C17H26N2O2/c1-21-13-17(20)19-16-11-7-10-15(12-16)18-14-8-5-3-2-4-6-9-14/h7,10-12,14,18H,2-6,8-9,13H2,1H3,(H,19,20). The van der Waals surface area contributed by atoms with Gasteiger partial charge in [0.15, 0.2) is 0 Å². The van der Waals surface area contributed by atoms with Crippen LogP contribution in [0.2, 0.25) is 0 Å². The fourth-order valence-corrected chi connectivity index (χ4v) is 2.85. The molecule has 0 aromatic heterocycles. The molecule has 0 unspecified atom stereocenters. The van der Waals surface area contributed by atoms with Crippen LogP contribution in [-0.4, -0.2) is 25.7 Å². The number of methoxy groups -OCH3 is 1. The highest BCUT2D eigenvalue weighted by Gasteiger charge is 2.11. The number of hydrogen-bond donors (Lipinski definition) is 2. The average molecular weight is 290 g/mol. The summed E-state index contributed by atoms with van der Waals surface area (Å²) in [6.45, 7) is 0.0836. The summed E-state index contributed by atoms with van der Waals surface area (Å²) in [7, 11) is 1.52. The Morgan fingerprint density at radius 1 is 1.14 bits per heavy atom. The van der Waals surface area contributed by atoms with Gasteiger partial charge in [-0.3, -0.25) is 4.79 Å². The molecule has 1 aliphatic rings. The molecule has 0 atom stereocenters. The summed E-state index contributed by atoms with van der Waals surface area (Å²) in [6, 6.07) is 8.47. The molecule has 2 rings (SSSR count). The molecule has 0 radical (unpaired) electrons. The van der Waals surface area contributed by atoms with Gasteiger partial charge in [0, 0.05) is 24.5 Å². The van der Waals surface area contributed by atoms with Gasteiger partial charge in [-0.1, -0.05) is 38.2 Å². The molecule has 0 aliphatic heterocycles. The highest BCUT2D eigenvalue weighted by atomic mass is 16.5. The van der Waals surface area contributed by atoms with E-state index >= 15 is 0 Å². The van der Waals surface area contributed by atoms with Crippen LogP contribution in [0.5, 0.6) is 0 Å². The van der Waals surface area contributed by atoms with Gasteiger partial charge in [-0.25, -0.2) is 0 Å². The highest BCUT2D eigenvalue weighted by molar-refractivity contribution is 5.92. The normalized spacial score (nSPS) is 16.8. The smallest absolute Gasteiger partial charge is 0.250 e. The van der Waals surface area contributed by atoms with Gasteiger partial charge in [0.25, 0.3) is 0 Å². The molecular formula is C17H26N2O2. The summed E-state index contributed by atoms with van der Waals surface area (Å²) in [5, 5.41) is 6.45. The number of hydrogen-bond acceptors (Lipinski definition) is 3. The van der Waals surface area contributed by atoms with Crippen molar-refractivity contribution in [3.05, 3.63) is 24.3 Å². The van der Waals surface area contributed by atoms with Crippen molar-refractivity contribution in [1.82, 2.24) is 0 Å². The molecule has 2 N–H and O–H groups in total. The largest absolute Gasteiger partial charge is 0.382 e. The van der Waals surface area contributed by atoms with E-state index in [0.717, 1.165) is 11.4 Å². The van der Waals surface area contributed by atoms with Crippen molar-refractivity contribution in [2.45, 2.75) is 51.0 Å². The maximum atomic E-state index is 11.5. The number of rotatable bonds is 5. The van der Waals surface area contributed by atoms with E-state index in [1.165, 1.54) is 52.1 Å². The Labute approximate surface area is 127 Å². The molecule has 1 saturated carbocycles. The molecule has 0 spiro atoms. The fourth-order valence-electron chi connectivity index (χ4n) is 2.85. The summed E-state index contributed by atoms with van der Waals surface area (Å²) in [4.78, 5) is 11.5. The first-order valence-electron chi connectivity index (χ1n) is 7.93. The van der Waals surface area contributed by atoms with E-state index in [4.69, 9.17) is 4.74 Å². The van der Waals surface area contributed by atoms with Gasteiger partial charge in [0.1, 0.15) is 6.61 Å². The SMILES string of the molecule is COCC(=O)Nc1cccc(NC2CCCCCCC2)c1. The molecule has 116 valence electrons. The Morgan fingerprint density at radius 2 is 1.81 bits per heavy atom. The highest BCUT2D eigenvalue weighted by Crippen LogP contribution is 2.22. The lowest BCUT2D eigenvalue weighted by Gasteiger charge is -2.22. The number of benzene rings is 1. The Morgan fingerprint density at radius 3 is 2.52 bits per heavy atom. The van der Waals surface area contributed by atoms with Gasteiger partial charge >= 0.3 is 0 Å². The van der Waals surface area contributed by atoms with Gasteiger partial charge in [0.05, 0.1) is 0 Å². The van der Waals surface area contributed by atoms with Gasteiger partial charge < -0.3 is 15.4 Å². The van der Waals surface area contributed by atoms with Crippen molar-refractivity contribution in [1.29, 1.82) is 0 Å². The zero-order valence-corrected chi connectivity index (χ0v) is 12.9. The van der Waals surface area contributed by atoms with Crippen LogP contribution in [0.4, 0.5) is 11.4 Å². The predicted molar refractivity (Wildman–Crippen MR) is 86.7 cm³/mol. The number of anilines is 2. The van der Waals surface area contributed by atoms with E-state index in [0.29, 0.717) is 6.04 Å². The maximum Gasteiger partial charge on any atom is 0.250 e. The minimum atomic E-state index is -0.124. The first-order valence-corrected chi connectivity index (χ1v) is 7.93. The lowest BCUT2D eigenvalue weighted by molar-refractivity contribution is -0.119. The maximum absolute atomic E-state index is 11.5. The molecule has 1 amide bonds. The third kappa shape index (κ3) is 5.76. The van der Waals surface area contributed by atoms with Crippen LogP contribution in [0.25, 0.3) is 0 Å². The van der Waals surface area contributed by atoms with Crippen molar-refractivity contribution in [3.8, 4) is 0 Å². The van der Waals surface area contributed by atoms with Crippen LogP contribution in [-0.2, 0) is 9.53 Å². The molecule has 1 fully saturated rings. The third-order valence-corrected chi connectivity index (χ3v) is 3.90. The van der Waals surface area contributed by atoms with E-state index in [2.05, 4.69) is 16.7 Å². The Kier molecular flexibility index (Phi) is 6.54. The second-order valence-electron chi connectivity index (χ2n) is 5.75. The zero-order valence-electron chi connectivity index (χ0n) is 12.9. The summed E-state index contributed by atoms with van der Waals surface area (Å²) >= 11 is 0. The lowest BCUT2D eigenvalue weighted by atomic mass is 9.96. The van der Waals surface area contributed by atoms with E-state index in [-0.39, 0.29) is 12.5 Å². The fraction of sp³-hybridized carbons (Fsp3) is 0.588. The monoisotopic (exact) mass is 290 g/mol. The molecule has 1 aromatic rings. The first-order chi connectivity index (χ1) is 10.3. The Bertz CT molecular complexity index is 440. The second kappa shape index (κ2) is 8.67. The molecule has 0 heterocycles. The number of carbonyl (C=O) groups excluding carboxylic acids is 1. The van der Waals surface area contributed by atoms with E-state index in [9.17, 15) is 4.79 Å². The first kappa shape index (κ1) is 15.8. The molecule has 4 nitrogen and oxygen atoms in total. The molecule has 0 saturated heterocycles. The number of ether oxygens (including phenoxy) is 1. The van der Waals surface area contributed by atoms with Crippen LogP contribution in [0, 0.1) is 0 Å².